The van der Waals surface area contributed by atoms with Gasteiger partial charge in [0.25, 0.3) is 0 Å². The smallest absolute Gasteiger partial charge is 0.169 e. The average Bonchev–Trinajstić information content (AvgIpc) is 2.50. The lowest BCUT2D eigenvalue weighted by molar-refractivity contribution is -0.115. The number of nitrogens with one attached hydrogen (secondary N) is 1. The van der Waals surface area contributed by atoms with Crippen LogP contribution < -0.4 is 10.4 Å². The second kappa shape index (κ2) is 3.77. The van der Waals surface area contributed by atoms with Crippen LogP contribution in [0.15, 0.2) is 18.2 Å². The van der Waals surface area contributed by atoms with Crippen molar-refractivity contribution in [2.45, 2.75) is 0 Å². The predicted molar refractivity (Wildman–Crippen MR) is 56.8 cm³/mol. The van der Waals surface area contributed by atoms with Crippen LogP contribution in [0.4, 0.5) is 5.69 Å². The summed E-state index contributed by atoms with van der Waals surface area (Å²) in [5, 5.41) is 2.86. The molecular formula is C9H8Cl2N2O. The lowest BCUT2D eigenvalue weighted by atomic mass is 10.3. The highest BCUT2D eigenvalue weighted by atomic mass is 35.5. The Labute approximate surface area is 91.6 Å². The van der Waals surface area contributed by atoms with Crippen LogP contribution in [0.1, 0.15) is 0 Å². The van der Waals surface area contributed by atoms with Gasteiger partial charge in [0.05, 0.1) is 18.8 Å². The highest BCUT2D eigenvalue weighted by molar-refractivity contribution is 6.35. The van der Waals surface area contributed by atoms with Crippen molar-refractivity contribution in [1.29, 1.82) is 0 Å². The molecule has 3 nitrogen and oxygen atoms in total. The molecule has 0 unspecified atom stereocenters. The van der Waals surface area contributed by atoms with Crippen molar-refractivity contribution in [3.63, 3.8) is 0 Å². The first-order valence-corrected chi connectivity index (χ1v) is 4.89. The summed E-state index contributed by atoms with van der Waals surface area (Å²) in [5.74, 6) is 0.154. The van der Waals surface area contributed by atoms with E-state index in [4.69, 9.17) is 23.2 Å². The van der Waals surface area contributed by atoms with Crippen molar-refractivity contribution in [1.82, 2.24) is 5.43 Å². The van der Waals surface area contributed by atoms with Gasteiger partial charge in [-0.1, -0.05) is 23.2 Å². The predicted octanol–water partition coefficient (Wildman–Crippen LogP) is 1.89. The first-order chi connectivity index (χ1) is 6.65. The Balaban J connectivity index is 2.27. The quantitative estimate of drug-likeness (QED) is 0.800. The third kappa shape index (κ3) is 2.00. The van der Waals surface area contributed by atoms with E-state index in [0.717, 1.165) is 5.69 Å². The van der Waals surface area contributed by atoms with Crippen molar-refractivity contribution in [3.05, 3.63) is 28.2 Å². The maximum Gasteiger partial charge on any atom is 0.169 e. The second-order valence-electron chi connectivity index (χ2n) is 3.09. The Hall–Kier alpha value is -0.770. The van der Waals surface area contributed by atoms with Gasteiger partial charge in [-0.15, -0.1) is 0 Å². The molecular weight excluding hydrogens is 223 g/mol. The fraction of sp³-hybridized carbons (Fsp3) is 0.222. The molecule has 1 fully saturated rings. The molecule has 2 rings (SSSR count). The highest BCUT2D eigenvalue weighted by Gasteiger charge is 2.19. The molecule has 1 aromatic carbocycles. The van der Waals surface area contributed by atoms with Crippen LogP contribution in [0.2, 0.25) is 10.0 Å². The lowest BCUT2D eigenvalue weighted by Gasteiger charge is -2.17. The highest BCUT2D eigenvalue weighted by Crippen LogP contribution is 2.25. The zero-order valence-electron chi connectivity index (χ0n) is 7.26. The molecule has 0 spiro atoms. The van der Waals surface area contributed by atoms with E-state index in [1.807, 2.05) is 0 Å². The summed E-state index contributed by atoms with van der Waals surface area (Å²) in [7, 11) is 0. The van der Waals surface area contributed by atoms with Crippen molar-refractivity contribution in [3.8, 4) is 0 Å². The molecule has 0 atom stereocenters. The van der Waals surface area contributed by atoms with E-state index in [-0.39, 0.29) is 5.78 Å². The molecule has 0 saturated carbocycles. The summed E-state index contributed by atoms with van der Waals surface area (Å²) in [6, 6.07) is 5.18. The summed E-state index contributed by atoms with van der Waals surface area (Å²) in [5.41, 5.74) is 3.76. The third-order valence-corrected chi connectivity index (χ3v) is 2.40. The first-order valence-electron chi connectivity index (χ1n) is 4.14. The maximum atomic E-state index is 11.0. The Morgan fingerprint density at radius 3 is 2.36 bits per heavy atom. The van der Waals surface area contributed by atoms with Gasteiger partial charge in [0.1, 0.15) is 0 Å². The molecule has 1 heterocycles. The van der Waals surface area contributed by atoms with Gasteiger partial charge in [-0.25, -0.2) is 5.43 Å². The number of halogens is 2. The molecule has 0 aromatic heterocycles. The molecule has 5 heteroatoms. The maximum absolute atomic E-state index is 11.0. The Morgan fingerprint density at radius 1 is 1.21 bits per heavy atom. The van der Waals surface area contributed by atoms with E-state index in [0.29, 0.717) is 23.1 Å². The minimum atomic E-state index is 0.154. The molecule has 1 aliphatic heterocycles. The van der Waals surface area contributed by atoms with E-state index >= 15 is 0 Å². The zero-order chi connectivity index (χ0) is 10.1. The van der Waals surface area contributed by atoms with Gasteiger partial charge in [0, 0.05) is 10.0 Å². The van der Waals surface area contributed by atoms with Crippen molar-refractivity contribution >= 4 is 34.7 Å². The molecule has 1 aromatic rings. The fourth-order valence-corrected chi connectivity index (χ4v) is 1.86. The Kier molecular flexibility index (Phi) is 2.63. The molecule has 74 valence electrons. The van der Waals surface area contributed by atoms with Crippen LogP contribution in [0.3, 0.4) is 0 Å². The number of hydrogen-bond acceptors (Lipinski definition) is 3. The van der Waals surface area contributed by atoms with Gasteiger partial charge in [-0.3, -0.25) is 4.79 Å². The lowest BCUT2D eigenvalue weighted by Crippen LogP contribution is -2.30. The molecule has 1 aliphatic rings. The van der Waals surface area contributed by atoms with E-state index in [2.05, 4.69) is 5.43 Å². The number of hydrogen-bond donors (Lipinski definition) is 1. The number of Topliss-reactive ketones (excluding diaryl/α,β-unsaturated/α-hetero) is 1. The molecule has 0 amide bonds. The Morgan fingerprint density at radius 2 is 1.86 bits per heavy atom. The van der Waals surface area contributed by atoms with E-state index in [1.54, 1.807) is 23.2 Å². The van der Waals surface area contributed by atoms with Gasteiger partial charge in [0.15, 0.2) is 5.78 Å². The number of rotatable bonds is 1. The molecule has 14 heavy (non-hydrogen) atoms. The summed E-state index contributed by atoms with van der Waals surface area (Å²) in [4.78, 5) is 11.0. The van der Waals surface area contributed by atoms with Crippen LogP contribution in [-0.2, 0) is 4.79 Å². The van der Waals surface area contributed by atoms with Crippen LogP contribution in [-0.4, -0.2) is 18.9 Å². The van der Waals surface area contributed by atoms with Crippen LogP contribution in [0.25, 0.3) is 0 Å². The number of benzene rings is 1. The SMILES string of the molecule is O=C1CNN(c2cc(Cl)cc(Cl)c2)C1. The van der Waals surface area contributed by atoms with Crippen molar-refractivity contribution in [2.75, 3.05) is 18.1 Å². The molecule has 0 aliphatic carbocycles. The average molecular weight is 231 g/mol. The number of nitrogens with zero attached hydrogens (tertiary/aromatic N) is 1. The van der Waals surface area contributed by atoms with Gasteiger partial charge in [-0.05, 0) is 18.2 Å². The van der Waals surface area contributed by atoms with Crippen molar-refractivity contribution in [2.24, 2.45) is 0 Å². The van der Waals surface area contributed by atoms with Crippen LogP contribution >= 0.6 is 23.2 Å². The normalized spacial score (nSPS) is 16.4. The standard InChI is InChI=1S/C9H8Cl2N2O/c10-6-1-7(11)3-8(2-6)13-5-9(14)4-12-13/h1-3,12H,4-5H2. The summed E-state index contributed by atoms with van der Waals surface area (Å²) >= 11 is 11.7. The topological polar surface area (TPSA) is 32.3 Å². The van der Waals surface area contributed by atoms with E-state index < -0.39 is 0 Å². The Bertz CT molecular complexity index is 361. The first kappa shape index (κ1) is 9.77. The zero-order valence-corrected chi connectivity index (χ0v) is 8.77. The monoisotopic (exact) mass is 230 g/mol. The number of ketones is 1. The summed E-state index contributed by atoms with van der Waals surface area (Å²) in [6.45, 7) is 0.723. The van der Waals surface area contributed by atoms with E-state index in [9.17, 15) is 4.79 Å². The van der Waals surface area contributed by atoms with Gasteiger partial charge in [0.2, 0.25) is 0 Å². The van der Waals surface area contributed by atoms with Crippen molar-refractivity contribution < 1.29 is 4.79 Å². The van der Waals surface area contributed by atoms with Gasteiger partial charge < -0.3 is 5.01 Å². The largest absolute Gasteiger partial charge is 0.300 e. The molecule has 0 bridgehead atoms. The third-order valence-electron chi connectivity index (χ3n) is 1.96. The van der Waals surface area contributed by atoms with Gasteiger partial charge in [-0.2, -0.15) is 0 Å². The van der Waals surface area contributed by atoms with Crippen LogP contribution in [0.5, 0.6) is 0 Å². The summed E-state index contributed by atoms with van der Waals surface area (Å²) < 4.78 is 0. The number of carbonyl (C=O) groups is 1. The fourth-order valence-electron chi connectivity index (χ4n) is 1.35. The molecule has 1 N–H and O–H groups in total. The number of carbonyl (C=O) groups excluding carboxylic acids is 1. The second-order valence-corrected chi connectivity index (χ2v) is 3.96. The number of hydrazine groups is 1. The minimum absolute atomic E-state index is 0.154. The minimum Gasteiger partial charge on any atom is -0.300 e. The number of anilines is 1. The summed E-state index contributed by atoms with van der Waals surface area (Å²) in [6.07, 6.45) is 0. The molecule has 1 saturated heterocycles. The van der Waals surface area contributed by atoms with Crippen LogP contribution in [0, 0.1) is 0 Å². The van der Waals surface area contributed by atoms with E-state index in [1.165, 1.54) is 0 Å². The molecule has 0 radical (unpaired) electrons. The van der Waals surface area contributed by atoms with Gasteiger partial charge >= 0.3 is 0 Å².